The van der Waals surface area contributed by atoms with Crippen LogP contribution >= 0.6 is 0 Å². The third kappa shape index (κ3) is 1.42. The summed E-state index contributed by atoms with van der Waals surface area (Å²) in [7, 11) is 0. The van der Waals surface area contributed by atoms with Crippen molar-refractivity contribution in [3.63, 3.8) is 0 Å². The first-order valence-corrected chi connectivity index (χ1v) is 4.37. The van der Waals surface area contributed by atoms with Crippen molar-refractivity contribution in [2.45, 2.75) is 13.8 Å². The van der Waals surface area contributed by atoms with Crippen LogP contribution in [0.15, 0.2) is 24.3 Å². The van der Waals surface area contributed by atoms with Gasteiger partial charge in [0.15, 0.2) is 0 Å². The highest BCUT2D eigenvalue weighted by Gasteiger charge is 1.99. The van der Waals surface area contributed by atoms with Gasteiger partial charge in [0, 0.05) is 11.1 Å². The standard InChI is InChI=1S/C12H12N/c1-8-4-5-12-11(6-8)9(2)7-10(3)13-12/h4-7H,1H2,2-3H3. The Morgan fingerprint density at radius 3 is 2.69 bits per heavy atom. The van der Waals surface area contributed by atoms with E-state index >= 15 is 0 Å². The predicted molar refractivity (Wildman–Crippen MR) is 55.7 cm³/mol. The lowest BCUT2D eigenvalue weighted by Crippen LogP contribution is -1.87. The molecule has 0 saturated heterocycles. The van der Waals surface area contributed by atoms with Crippen molar-refractivity contribution in [2.24, 2.45) is 0 Å². The van der Waals surface area contributed by atoms with E-state index in [0.29, 0.717) is 0 Å². The van der Waals surface area contributed by atoms with Gasteiger partial charge in [-0.15, -0.1) is 0 Å². The van der Waals surface area contributed by atoms with Crippen molar-refractivity contribution >= 4 is 10.9 Å². The molecule has 0 bridgehead atoms. The number of aromatic nitrogens is 1. The Morgan fingerprint density at radius 1 is 1.15 bits per heavy atom. The van der Waals surface area contributed by atoms with Gasteiger partial charge in [0.25, 0.3) is 0 Å². The van der Waals surface area contributed by atoms with E-state index in [0.717, 1.165) is 16.8 Å². The van der Waals surface area contributed by atoms with Crippen LogP contribution in [0.3, 0.4) is 0 Å². The first-order valence-electron chi connectivity index (χ1n) is 4.37. The normalized spacial score (nSPS) is 10.7. The van der Waals surface area contributed by atoms with E-state index in [2.05, 4.69) is 31.0 Å². The highest BCUT2D eigenvalue weighted by atomic mass is 14.7. The average Bonchev–Trinajstić information content (AvgIpc) is 2.06. The Bertz CT molecular complexity index is 458. The van der Waals surface area contributed by atoms with Gasteiger partial charge in [-0.05, 0) is 50.1 Å². The summed E-state index contributed by atoms with van der Waals surface area (Å²) in [5.41, 5.74) is 4.45. The summed E-state index contributed by atoms with van der Waals surface area (Å²) >= 11 is 0. The molecule has 0 amide bonds. The summed E-state index contributed by atoms with van der Waals surface area (Å²) in [6.45, 7) is 8.03. The van der Waals surface area contributed by atoms with Crippen molar-refractivity contribution < 1.29 is 0 Å². The maximum atomic E-state index is 4.45. The topological polar surface area (TPSA) is 12.9 Å². The second-order valence-electron chi connectivity index (χ2n) is 3.43. The van der Waals surface area contributed by atoms with Crippen molar-refractivity contribution in [2.75, 3.05) is 0 Å². The molecule has 0 saturated carbocycles. The number of hydrogen-bond donors (Lipinski definition) is 0. The summed E-state index contributed by atoms with van der Waals surface area (Å²) < 4.78 is 0. The van der Waals surface area contributed by atoms with Gasteiger partial charge in [0.1, 0.15) is 0 Å². The van der Waals surface area contributed by atoms with Crippen LogP contribution in [-0.2, 0) is 0 Å². The molecule has 0 fully saturated rings. The molecule has 0 unspecified atom stereocenters. The predicted octanol–water partition coefficient (Wildman–Crippen LogP) is 3.03. The summed E-state index contributed by atoms with van der Waals surface area (Å²) in [6, 6.07) is 8.20. The van der Waals surface area contributed by atoms with Crippen LogP contribution < -0.4 is 0 Å². The molecule has 0 aliphatic heterocycles. The maximum Gasteiger partial charge on any atom is 0.0708 e. The Morgan fingerprint density at radius 2 is 1.92 bits per heavy atom. The molecule has 65 valence electrons. The van der Waals surface area contributed by atoms with E-state index in [-0.39, 0.29) is 0 Å². The van der Waals surface area contributed by atoms with Gasteiger partial charge in [0.2, 0.25) is 0 Å². The van der Waals surface area contributed by atoms with E-state index in [4.69, 9.17) is 0 Å². The Balaban J connectivity index is 2.87. The fraction of sp³-hybridized carbons (Fsp3) is 0.167. The lowest BCUT2D eigenvalue weighted by molar-refractivity contribution is 1.23. The van der Waals surface area contributed by atoms with Crippen LogP contribution in [0.5, 0.6) is 0 Å². The van der Waals surface area contributed by atoms with Gasteiger partial charge in [0.05, 0.1) is 5.52 Å². The van der Waals surface area contributed by atoms with Gasteiger partial charge in [-0.1, -0.05) is 6.07 Å². The van der Waals surface area contributed by atoms with Crippen LogP contribution in [0.2, 0.25) is 0 Å². The van der Waals surface area contributed by atoms with Crippen LogP contribution in [0.1, 0.15) is 16.8 Å². The molecule has 0 atom stereocenters. The molecule has 2 aromatic rings. The molecule has 0 spiro atoms. The van der Waals surface area contributed by atoms with Gasteiger partial charge in [-0.25, -0.2) is 0 Å². The molecular weight excluding hydrogens is 158 g/mol. The fourth-order valence-electron chi connectivity index (χ4n) is 1.61. The molecule has 1 nitrogen and oxygen atoms in total. The molecule has 0 aliphatic carbocycles. The highest BCUT2D eigenvalue weighted by molar-refractivity contribution is 5.83. The minimum atomic E-state index is 1.04. The second-order valence-corrected chi connectivity index (χ2v) is 3.43. The van der Waals surface area contributed by atoms with E-state index in [1.54, 1.807) is 0 Å². The first-order chi connectivity index (χ1) is 6.16. The molecule has 1 aromatic heterocycles. The van der Waals surface area contributed by atoms with Crippen LogP contribution in [0, 0.1) is 20.8 Å². The summed E-state index contributed by atoms with van der Waals surface area (Å²) in [5.74, 6) is 0. The Hall–Kier alpha value is -1.37. The number of nitrogens with zero attached hydrogens (tertiary/aromatic N) is 1. The highest BCUT2D eigenvalue weighted by Crippen LogP contribution is 2.18. The zero-order valence-electron chi connectivity index (χ0n) is 7.96. The van der Waals surface area contributed by atoms with E-state index in [1.165, 1.54) is 10.9 Å². The van der Waals surface area contributed by atoms with Gasteiger partial charge >= 0.3 is 0 Å². The number of aryl methyl sites for hydroxylation is 2. The third-order valence-corrected chi connectivity index (χ3v) is 2.21. The van der Waals surface area contributed by atoms with Crippen molar-refractivity contribution in [1.29, 1.82) is 0 Å². The molecular formula is C12H12N. The number of hydrogen-bond acceptors (Lipinski definition) is 1. The number of fused-ring (bicyclic) bond motifs is 1. The number of benzene rings is 1. The molecule has 1 heterocycles. The van der Waals surface area contributed by atoms with E-state index in [9.17, 15) is 0 Å². The summed E-state index contributed by atoms with van der Waals surface area (Å²) in [4.78, 5) is 4.45. The molecule has 1 heteroatoms. The first kappa shape index (κ1) is 8.24. The minimum Gasteiger partial charge on any atom is -0.253 e. The van der Waals surface area contributed by atoms with Gasteiger partial charge in [-0.2, -0.15) is 0 Å². The molecule has 0 N–H and O–H groups in total. The van der Waals surface area contributed by atoms with Crippen LogP contribution in [0.4, 0.5) is 0 Å². The van der Waals surface area contributed by atoms with Crippen molar-refractivity contribution in [1.82, 2.24) is 4.98 Å². The fourth-order valence-corrected chi connectivity index (χ4v) is 1.61. The largest absolute Gasteiger partial charge is 0.253 e. The summed E-state index contributed by atoms with van der Waals surface area (Å²) in [6.07, 6.45) is 0. The van der Waals surface area contributed by atoms with E-state index < -0.39 is 0 Å². The average molecular weight is 170 g/mol. The Kier molecular flexibility index (Phi) is 1.80. The minimum absolute atomic E-state index is 1.04. The molecule has 1 radical (unpaired) electrons. The lowest BCUT2D eigenvalue weighted by atomic mass is 10.1. The molecule has 2 rings (SSSR count). The molecule has 1 aromatic carbocycles. The third-order valence-electron chi connectivity index (χ3n) is 2.21. The molecule has 13 heavy (non-hydrogen) atoms. The molecule has 0 aliphatic rings. The zero-order chi connectivity index (χ0) is 9.42. The SMILES string of the molecule is [CH2]c1ccc2nc(C)cc(C)c2c1. The zero-order valence-corrected chi connectivity index (χ0v) is 7.96. The van der Waals surface area contributed by atoms with Crippen molar-refractivity contribution in [3.05, 3.63) is 48.0 Å². The van der Waals surface area contributed by atoms with E-state index in [1.807, 2.05) is 19.1 Å². The second kappa shape index (κ2) is 2.84. The lowest BCUT2D eigenvalue weighted by Gasteiger charge is -2.03. The maximum absolute atomic E-state index is 4.45. The smallest absolute Gasteiger partial charge is 0.0708 e. The monoisotopic (exact) mass is 170 g/mol. The van der Waals surface area contributed by atoms with Crippen molar-refractivity contribution in [3.8, 4) is 0 Å². The number of rotatable bonds is 0. The van der Waals surface area contributed by atoms with Gasteiger partial charge < -0.3 is 0 Å². The number of pyridine rings is 1. The van der Waals surface area contributed by atoms with Crippen LogP contribution in [-0.4, -0.2) is 4.98 Å². The Labute approximate surface area is 78.4 Å². The summed E-state index contributed by atoms with van der Waals surface area (Å²) in [5, 5.41) is 1.21. The van der Waals surface area contributed by atoms with Crippen LogP contribution in [0.25, 0.3) is 10.9 Å². The van der Waals surface area contributed by atoms with Gasteiger partial charge in [-0.3, -0.25) is 4.98 Å². The quantitative estimate of drug-likeness (QED) is 0.592.